The summed E-state index contributed by atoms with van der Waals surface area (Å²) in [5.41, 5.74) is 1.28. The maximum absolute atomic E-state index is 13.0. The van der Waals surface area contributed by atoms with Gasteiger partial charge in [0.1, 0.15) is 11.6 Å². The lowest BCUT2D eigenvalue weighted by molar-refractivity contribution is -0.121. The number of aryl methyl sites for hydroxylation is 1. The molecule has 138 valence electrons. The zero-order chi connectivity index (χ0) is 18.9. The Hall–Kier alpha value is -2.41. The Morgan fingerprint density at radius 2 is 2.04 bits per heavy atom. The van der Waals surface area contributed by atoms with Gasteiger partial charge in [0.15, 0.2) is 5.13 Å². The highest BCUT2D eigenvalue weighted by Crippen LogP contribution is 2.32. The van der Waals surface area contributed by atoms with E-state index in [0.29, 0.717) is 18.1 Å². The number of rotatable bonds is 2. The Morgan fingerprint density at radius 1 is 1.31 bits per heavy atom. The van der Waals surface area contributed by atoms with Crippen molar-refractivity contribution in [1.29, 1.82) is 0 Å². The Balaban J connectivity index is 1.91. The van der Waals surface area contributed by atoms with Crippen LogP contribution >= 0.6 is 11.3 Å². The van der Waals surface area contributed by atoms with Gasteiger partial charge in [0.25, 0.3) is 5.91 Å². The van der Waals surface area contributed by atoms with Crippen molar-refractivity contribution in [1.82, 2.24) is 9.88 Å². The molecule has 1 aromatic heterocycles. The van der Waals surface area contributed by atoms with Crippen LogP contribution in [0.25, 0.3) is 0 Å². The van der Waals surface area contributed by atoms with Crippen molar-refractivity contribution in [3.63, 3.8) is 0 Å². The third kappa shape index (κ3) is 4.04. The van der Waals surface area contributed by atoms with Crippen molar-refractivity contribution in [2.75, 3.05) is 11.9 Å². The van der Waals surface area contributed by atoms with Crippen LogP contribution < -0.4 is 5.32 Å². The lowest BCUT2D eigenvalue weighted by atomic mass is 9.92. The summed E-state index contributed by atoms with van der Waals surface area (Å²) in [6.45, 7) is 7.81. The summed E-state index contributed by atoms with van der Waals surface area (Å²) < 4.78 is 5.52. The van der Waals surface area contributed by atoms with E-state index >= 15 is 0 Å². The fraction of sp³-hybridized carbons (Fsp3) is 0.421. The number of hydrogen-bond acceptors (Lipinski definition) is 5. The summed E-state index contributed by atoms with van der Waals surface area (Å²) in [5.74, 6) is -0.280. The van der Waals surface area contributed by atoms with E-state index in [0.717, 1.165) is 16.0 Å². The first-order valence-corrected chi connectivity index (χ1v) is 9.37. The monoisotopic (exact) mass is 373 g/mol. The molecule has 26 heavy (non-hydrogen) atoms. The first-order chi connectivity index (χ1) is 12.2. The largest absolute Gasteiger partial charge is 0.444 e. The fourth-order valence-corrected chi connectivity index (χ4v) is 3.62. The molecule has 7 heteroatoms. The number of ether oxygens (including phenoxy) is 1. The van der Waals surface area contributed by atoms with E-state index in [1.807, 2.05) is 52.0 Å². The molecule has 0 fully saturated rings. The number of amides is 2. The first-order valence-electron chi connectivity index (χ1n) is 8.55. The molecule has 0 bridgehead atoms. The molecule has 1 aliphatic rings. The standard InChI is InChI=1S/C19H23N3O3S/c1-12-11-20-17(26-12)21-16(23)15-14-8-6-5-7-13(14)9-10-22(15)18(24)25-19(2,3)4/h5-8,11,15H,9-10H2,1-4H3,(H,20,21,23). The van der Waals surface area contributed by atoms with Crippen LogP contribution in [0, 0.1) is 6.92 Å². The van der Waals surface area contributed by atoms with Gasteiger partial charge in [-0.3, -0.25) is 15.0 Å². The van der Waals surface area contributed by atoms with Gasteiger partial charge in [-0.25, -0.2) is 9.78 Å². The highest BCUT2D eigenvalue weighted by atomic mass is 32.1. The van der Waals surface area contributed by atoms with Crippen molar-refractivity contribution >= 4 is 28.5 Å². The quantitative estimate of drug-likeness (QED) is 0.866. The van der Waals surface area contributed by atoms with Gasteiger partial charge >= 0.3 is 6.09 Å². The number of benzene rings is 1. The average molecular weight is 373 g/mol. The van der Waals surface area contributed by atoms with Gasteiger partial charge in [0.05, 0.1) is 0 Å². The van der Waals surface area contributed by atoms with Crippen LogP contribution in [0.4, 0.5) is 9.93 Å². The van der Waals surface area contributed by atoms with Gasteiger partial charge in [-0.05, 0) is 45.2 Å². The summed E-state index contributed by atoms with van der Waals surface area (Å²) in [4.78, 5) is 32.4. The number of nitrogens with zero attached hydrogens (tertiary/aromatic N) is 2. The van der Waals surface area contributed by atoms with Crippen molar-refractivity contribution < 1.29 is 14.3 Å². The zero-order valence-corrected chi connectivity index (χ0v) is 16.2. The number of thiazole rings is 1. The van der Waals surface area contributed by atoms with E-state index in [-0.39, 0.29) is 5.91 Å². The molecule has 0 radical (unpaired) electrons. The van der Waals surface area contributed by atoms with Crippen LogP contribution in [0.3, 0.4) is 0 Å². The van der Waals surface area contributed by atoms with Crippen LogP contribution in [0.5, 0.6) is 0 Å². The van der Waals surface area contributed by atoms with E-state index < -0.39 is 17.7 Å². The third-order valence-electron chi connectivity index (χ3n) is 4.01. The molecule has 1 atom stereocenters. The number of aromatic nitrogens is 1. The van der Waals surface area contributed by atoms with Gasteiger partial charge < -0.3 is 4.74 Å². The van der Waals surface area contributed by atoms with Crippen LogP contribution in [-0.2, 0) is 16.0 Å². The minimum Gasteiger partial charge on any atom is -0.444 e. The molecular weight excluding hydrogens is 350 g/mol. The molecule has 1 aromatic carbocycles. The van der Waals surface area contributed by atoms with Gasteiger partial charge in [-0.2, -0.15) is 0 Å². The topological polar surface area (TPSA) is 71.5 Å². The van der Waals surface area contributed by atoms with Crippen molar-refractivity contribution in [3.8, 4) is 0 Å². The predicted octanol–water partition coefficient (Wildman–Crippen LogP) is 3.92. The highest BCUT2D eigenvalue weighted by molar-refractivity contribution is 7.15. The summed E-state index contributed by atoms with van der Waals surface area (Å²) in [5, 5.41) is 3.37. The van der Waals surface area contributed by atoms with Crippen molar-refractivity contribution in [2.45, 2.75) is 45.8 Å². The van der Waals surface area contributed by atoms with E-state index in [1.54, 1.807) is 6.20 Å². The zero-order valence-electron chi connectivity index (χ0n) is 15.4. The molecule has 1 unspecified atom stereocenters. The number of carbonyl (C=O) groups is 2. The molecular formula is C19H23N3O3S. The Morgan fingerprint density at radius 3 is 2.69 bits per heavy atom. The summed E-state index contributed by atoms with van der Waals surface area (Å²) in [6.07, 6.45) is 1.92. The molecule has 1 aliphatic heterocycles. The summed E-state index contributed by atoms with van der Waals surface area (Å²) in [6, 6.07) is 6.98. The van der Waals surface area contributed by atoms with Crippen LogP contribution in [0.2, 0.25) is 0 Å². The predicted molar refractivity (Wildman–Crippen MR) is 101 cm³/mol. The van der Waals surface area contributed by atoms with E-state index in [9.17, 15) is 9.59 Å². The van der Waals surface area contributed by atoms with Gasteiger partial charge in [-0.1, -0.05) is 24.3 Å². The first kappa shape index (κ1) is 18.4. The fourth-order valence-electron chi connectivity index (χ4n) is 2.95. The number of hydrogen-bond donors (Lipinski definition) is 1. The Kier molecular flexibility index (Phi) is 5.00. The molecule has 3 rings (SSSR count). The summed E-state index contributed by atoms with van der Waals surface area (Å²) in [7, 11) is 0. The molecule has 0 saturated heterocycles. The van der Waals surface area contributed by atoms with Gasteiger partial charge in [0, 0.05) is 17.6 Å². The number of carbonyl (C=O) groups excluding carboxylic acids is 2. The minimum absolute atomic E-state index is 0.280. The Labute approximate surface area is 157 Å². The van der Waals surface area contributed by atoms with Gasteiger partial charge in [-0.15, -0.1) is 11.3 Å². The maximum Gasteiger partial charge on any atom is 0.411 e. The second-order valence-corrected chi connectivity index (χ2v) is 8.53. The maximum atomic E-state index is 13.0. The molecule has 1 N–H and O–H groups in total. The summed E-state index contributed by atoms with van der Waals surface area (Å²) >= 11 is 1.40. The van der Waals surface area contributed by atoms with Crippen molar-refractivity contribution in [3.05, 3.63) is 46.5 Å². The number of fused-ring (bicyclic) bond motifs is 1. The molecule has 6 nitrogen and oxygen atoms in total. The lowest BCUT2D eigenvalue weighted by Gasteiger charge is -2.37. The minimum atomic E-state index is -0.737. The van der Waals surface area contributed by atoms with Crippen LogP contribution in [0.1, 0.15) is 42.8 Å². The molecule has 0 saturated carbocycles. The SMILES string of the molecule is Cc1cnc(NC(=O)C2c3ccccc3CCN2C(=O)OC(C)(C)C)s1. The normalized spacial score (nSPS) is 16.8. The molecule has 2 amide bonds. The second kappa shape index (κ2) is 7.07. The molecule has 0 spiro atoms. The van der Waals surface area contributed by atoms with Crippen molar-refractivity contribution in [2.24, 2.45) is 0 Å². The smallest absolute Gasteiger partial charge is 0.411 e. The van der Waals surface area contributed by atoms with E-state index in [2.05, 4.69) is 10.3 Å². The second-order valence-electron chi connectivity index (χ2n) is 7.29. The third-order valence-corrected chi connectivity index (χ3v) is 4.84. The molecule has 0 aliphatic carbocycles. The molecule has 2 heterocycles. The number of anilines is 1. The van der Waals surface area contributed by atoms with Gasteiger partial charge in [0.2, 0.25) is 0 Å². The Bertz CT molecular complexity index is 825. The molecule has 2 aromatic rings. The van der Waals surface area contributed by atoms with Crippen LogP contribution in [-0.4, -0.2) is 34.0 Å². The lowest BCUT2D eigenvalue weighted by Crippen LogP contribution is -2.47. The highest BCUT2D eigenvalue weighted by Gasteiger charge is 2.38. The van der Waals surface area contributed by atoms with Crippen LogP contribution in [0.15, 0.2) is 30.5 Å². The van der Waals surface area contributed by atoms with E-state index in [4.69, 9.17) is 4.74 Å². The number of nitrogens with one attached hydrogen (secondary N) is 1. The van der Waals surface area contributed by atoms with E-state index in [1.165, 1.54) is 16.2 Å². The average Bonchev–Trinajstić information content (AvgIpc) is 2.96.